The Morgan fingerprint density at radius 2 is 2.00 bits per heavy atom. The Labute approximate surface area is 111 Å². The Bertz CT molecular complexity index is 273. The molecule has 0 aromatic heterocycles. The zero-order chi connectivity index (χ0) is 11.1. The molecule has 0 radical (unpaired) electrons. The van der Waals surface area contributed by atoms with E-state index in [9.17, 15) is 0 Å². The molecule has 1 aromatic rings. The van der Waals surface area contributed by atoms with Gasteiger partial charge in [-0.05, 0) is 60.1 Å². The summed E-state index contributed by atoms with van der Waals surface area (Å²) in [4.78, 5) is 0. The number of halogens is 2. The van der Waals surface area contributed by atoms with Gasteiger partial charge in [-0.3, -0.25) is 0 Å². The molecule has 84 valence electrons. The third-order valence-electron chi connectivity index (χ3n) is 2.34. The first-order chi connectivity index (χ1) is 7.22. The molecular weight excluding hydrogens is 320 g/mol. The summed E-state index contributed by atoms with van der Waals surface area (Å²) in [5, 5.41) is 3.49. The first kappa shape index (κ1) is 13.3. The maximum absolute atomic E-state index is 5.65. The van der Waals surface area contributed by atoms with Gasteiger partial charge in [-0.1, -0.05) is 12.1 Å². The number of nitrogens with one attached hydrogen (secondary N) is 1. The van der Waals surface area contributed by atoms with Crippen molar-refractivity contribution in [3.8, 4) is 0 Å². The zero-order valence-electron chi connectivity index (χ0n) is 8.97. The molecule has 15 heavy (non-hydrogen) atoms. The number of benzene rings is 1. The number of hydrogen-bond donors (Lipinski definition) is 1. The third-order valence-corrected chi connectivity index (χ3v) is 3.33. The van der Waals surface area contributed by atoms with Gasteiger partial charge in [0.1, 0.15) is 0 Å². The standard InChI is InChI=1S/C12H17ClIN/c1-10(3-2-8-13)15-9-11-4-6-12(14)7-5-11/h4-7,10,15H,2-3,8-9H2,1H3. The summed E-state index contributed by atoms with van der Waals surface area (Å²) in [6, 6.07) is 9.16. The molecule has 0 aliphatic rings. The second-order valence-electron chi connectivity index (χ2n) is 3.74. The molecule has 0 saturated carbocycles. The van der Waals surface area contributed by atoms with E-state index in [1.54, 1.807) is 0 Å². The Balaban J connectivity index is 2.27. The minimum absolute atomic E-state index is 0.544. The zero-order valence-corrected chi connectivity index (χ0v) is 11.9. The molecule has 0 spiro atoms. The molecule has 0 aliphatic heterocycles. The summed E-state index contributed by atoms with van der Waals surface area (Å²) in [6.45, 7) is 3.15. The largest absolute Gasteiger partial charge is 0.310 e. The number of hydrogen-bond acceptors (Lipinski definition) is 1. The SMILES string of the molecule is CC(CCCCl)NCc1ccc(I)cc1. The van der Waals surface area contributed by atoms with Gasteiger partial charge >= 0.3 is 0 Å². The molecule has 0 bridgehead atoms. The van der Waals surface area contributed by atoms with Gasteiger partial charge in [0.25, 0.3) is 0 Å². The first-order valence-corrected chi connectivity index (χ1v) is 6.87. The molecule has 0 saturated heterocycles. The van der Waals surface area contributed by atoms with E-state index in [0.717, 1.165) is 25.3 Å². The minimum Gasteiger partial charge on any atom is -0.310 e. The highest BCUT2D eigenvalue weighted by atomic mass is 127. The van der Waals surface area contributed by atoms with Crippen LogP contribution in [0.15, 0.2) is 24.3 Å². The van der Waals surface area contributed by atoms with Gasteiger partial charge in [-0.15, -0.1) is 11.6 Å². The minimum atomic E-state index is 0.544. The Kier molecular flexibility index (Phi) is 6.61. The molecule has 0 aliphatic carbocycles. The first-order valence-electron chi connectivity index (χ1n) is 5.26. The van der Waals surface area contributed by atoms with E-state index >= 15 is 0 Å². The second kappa shape index (κ2) is 7.47. The molecule has 0 fully saturated rings. The monoisotopic (exact) mass is 337 g/mol. The third kappa shape index (κ3) is 5.73. The van der Waals surface area contributed by atoms with Crippen molar-refractivity contribution >= 4 is 34.2 Å². The molecule has 1 N–H and O–H groups in total. The lowest BCUT2D eigenvalue weighted by atomic mass is 10.1. The van der Waals surface area contributed by atoms with Crippen LogP contribution in [-0.2, 0) is 6.54 Å². The fraction of sp³-hybridized carbons (Fsp3) is 0.500. The van der Waals surface area contributed by atoms with Crippen LogP contribution < -0.4 is 5.32 Å². The van der Waals surface area contributed by atoms with Crippen LogP contribution in [0, 0.1) is 3.57 Å². The summed E-state index contributed by atoms with van der Waals surface area (Å²) >= 11 is 7.97. The van der Waals surface area contributed by atoms with Gasteiger partial charge in [0.05, 0.1) is 0 Å². The van der Waals surface area contributed by atoms with Crippen LogP contribution in [0.2, 0.25) is 0 Å². The van der Waals surface area contributed by atoms with Crippen LogP contribution in [0.5, 0.6) is 0 Å². The van der Waals surface area contributed by atoms with E-state index in [1.165, 1.54) is 9.13 Å². The summed E-state index contributed by atoms with van der Waals surface area (Å²) in [7, 11) is 0. The van der Waals surface area contributed by atoms with Crippen molar-refractivity contribution in [2.45, 2.75) is 32.4 Å². The highest BCUT2D eigenvalue weighted by Crippen LogP contribution is 2.07. The van der Waals surface area contributed by atoms with Crippen LogP contribution in [0.3, 0.4) is 0 Å². The molecule has 1 atom stereocenters. The average molecular weight is 338 g/mol. The van der Waals surface area contributed by atoms with Crippen LogP contribution >= 0.6 is 34.2 Å². The molecule has 0 amide bonds. The Morgan fingerprint density at radius 1 is 1.33 bits per heavy atom. The number of rotatable bonds is 6. The van der Waals surface area contributed by atoms with Crippen molar-refractivity contribution in [1.29, 1.82) is 0 Å². The quantitative estimate of drug-likeness (QED) is 0.615. The Hall–Kier alpha value is 0.200. The van der Waals surface area contributed by atoms with Crippen molar-refractivity contribution in [2.24, 2.45) is 0 Å². The van der Waals surface area contributed by atoms with Gasteiger partial charge in [0, 0.05) is 22.0 Å². The molecule has 1 aromatic carbocycles. The highest BCUT2D eigenvalue weighted by Gasteiger charge is 2.00. The smallest absolute Gasteiger partial charge is 0.0224 e. The van der Waals surface area contributed by atoms with Crippen LogP contribution in [0.1, 0.15) is 25.3 Å². The van der Waals surface area contributed by atoms with Crippen molar-refractivity contribution in [3.05, 3.63) is 33.4 Å². The van der Waals surface area contributed by atoms with Crippen LogP contribution in [0.4, 0.5) is 0 Å². The van der Waals surface area contributed by atoms with Gasteiger partial charge in [-0.25, -0.2) is 0 Å². The Morgan fingerprint density at radius 3 is 2.60 bits per heavy atom. The second-order valence-corrected chi connectivity index (χ2v) is 5.36. The van der Waals surface area contributed by atoms with E-state index in [4.69, 9.17) is 11.6 Å². The summed E-state index contributed by atoms with van der Waals surface area (Å²) in [6.07, 6.45) is 2.23. The van der Waals surface area contributed by atoms with Crippen LogP contribution in [0.25, 0.3) is 0 Å². The van der Waals surface area contributed by atoms with E-state index in [-0.39, 0.29) is 0 Å². The molecular formula is C12H17ClIN. The fourth-order valence-electron chi connectivity index (χ4n) is 1.38. The maximum Gasteiger partial charge on any atom is 0.0224 e. The lowest BCUT2D eigenvalue weighted by molar-refractivity contribution is 0.509. The van der Waals surface area contributed by atoms with E-state index in [1.807, 2.05) is 0 Å². The van der Waals surface area contributed by atoms with Crippen molar-refractivity contribution < 1.29 is 0 Å². The van der Waals surface area contributed by atoms with E-state index in [2.05, 4.69) is 59.1 Å². The highest BCUT2D eigenvalue weighted by molar-refractivity contribution is 14.1. The molecule has 1 unspecified atom stereocenters. The van der Waals surface area contributed by atoms with E-state index in [0.29, 0.717) is 6.04 Å². The summed E-state index contributed by atoms with van der Waals surface area (Å²) in [5.41, 5.74) is 1.34. The van der Waals surface area contributed by atoms with Crippen molar-refractivity contribution in [2.75, 3.05) is 5.88 Å². The topological polar surface area (TPSA) is 12.0 Å². The molecule has 0 heterocycles. The van der Waals surface area contributed by atoms with Gasteiger partial charge in [-0.2, -0.15) is 0 Å². The van der Waals surface area contributed by atoms with E-state index < -0.39 is 0 Å². The summed E-state index contributed by atoms with van der Waals surface area (Å²) in [5.74, 6) is 0.759. The van der Waals surface area contributed by atoms with Gasteiger partial charge < -0.3 is 5.32 Å². The van der Waals surface area contributed by atoms with Crippen molar-refractivity contribution in [1.82, 2.24) is 5.32 Å². The van der Waals surface area contributed by atoms with Crippen molar-refractivity contribution in [3.63, 3.8) is 0 Å². The average Bonchev–Trinajstić information content (AvgIpc) is 2.25. The molecule has 1 rings (SSSR count). The summed E-state index contributed by atoms with van der Waals surface area (Å²) < 4.78 is 1.28. The maximum atomic E-state index is 5.65. The normalized spacial score (nSPS) is 12.7. The molecule has 1 nitrogen and oxygen atoms in total. The van der Waals surface area contributed by atoms with Gasteiger partial charge in [0.15, 0.2) is 0 Å². The lowest BCUT2D eigenvalue weighted by Crippen LogP contribution is -2.25. The van der Waals surface area contributed by atoms with Gasteiger partial charge in [0.2, 0.25) is 0 Å². The van der Waals surface area contributed by atoms with Crippen LogP contribution in [-0.4, -0.2) is 11.9 Å². The molecule has 3 heteroatoms. The predicted molar refractivity (Wildman–Crippen MR) is 75.4 cm³/mol. The number of alkyl halides is 1. The fourth-order valence-corrected chi connectivity index (χ4v) is 1.89. The predicted octanol–water partition coefficient (Wildman–Crippen LogP) is 3.79. The lowest BCUT2D eigenvalue weighted by Gasteiger charge is -2.12.